The minimum absolute atomic E-state index is 0.0811. The summed E-state index contributed by atoms with van der Waals surface area (Å²) in [7, 11) is 1.53. The van der Waals surface area contributed by atoms with E-state index in [2.05, 4.69) is 26.5 Å². The Kier molecular flexibility index (Phi) is 4.94. The fourth-order valence-corrected chi connectivity index (χ4v) is 2.00. The number of phenols is 1. The third-order valence-electron chi connectivity index (χ3n) is 2.69. The maximum Gasteiger partial charge on any atom is 0.271 e. The normalized spacial score (nSPS) is 10.6. The minimum Gasteiger partial charge on any atom is -0.507 e. The number of amides is 1. The average Bonchev–Trinajstić information content (AvgIpc) is 2.50. The lowest BCUT2D eigenvalue weighted by atomic mass is 10.2. The lowest BCUT2D eigenvalue weighted by Crippen LogP contribution is -2.17. The van der Waals surface area contributed by atoms with Crippen LogP contribution in [0.4, 0.5) is 0 Å². The quantitative estimate of drug-likeness (QED) is 0.659. The Balaban J connectivity index is 2.06. The Hall–Kier alpha value is -2.34. The van der Waals surface area contributed by atoms with Crippen LogP contribution in [0.2, 0.25) is 0 Å². The van der Waals surface area contributed by atoms with Gasteiger partial charge in [-0.3, -0.25) is 4.79 Å². The Morgan fingerprint density at radius 1 is 1.33 bits per heavy atom. The van der Waals surface area contributed by atoms with Crippen molar-refractivity contribution < 1.29 is 14.6 Å². The minimum atomic E-state index is -0.361. The summed E-state index contributed by atoms with van der Waals surface area (Å²) in [4.78, 5) is 11.9. The average molecular weight is 349 g/mol. The molecule has 0 aliphatic heterocycles. The maximum atomic E-state index is 11.9. The largest absolute Gasteiger partial charge is 0.507 e. The van der Waals surface area contributed by atoms with E-state index in [4.69, 9.17) is 4.74 Å². The summed E-state index contributed by atoms with van der Waals surface area (Å²) in [6.07, 6.45) is 1.37. The molecule has 0 fully saturated rings. The van der Waals surface area contributed by atoms with Crippen molar-refractivity contribution in [2.24, 2.45) is 5.10 Å². The van der Waals surface area contributed by atoms with Crippen molar-refractivity contribution in [1.82, 2.24) is 5.43 Å². The molecule has 6 heteroatoms. The van der Waals surface area contributed by atoms with Gasteiger partial charge in [0.15, 0.2) is 0 Å². The molecule has 0 atom stereocenters. The Morgan fingerprint density at radius 2 is 2.14 bits per heavy atom. The summed E-state index contributed by atoms with van der Waals surface area (Å²) in [5.41, 5.74) is 3.32. The standard InChI is InChI=1S/C15H13BrN2O3/c1-21-13-4-2-3-10(8-13)15(20)18-17-9-11-7-12(16)5-6-14(11)19/h2-9,19H,1H3,(H,18,20)/b17-9+. The van der Waals surface area contributed by atoms with Crippen LogP contribution in [0, 0.1) is 0 Å². The predicted octanol–water partition coefficient (Wildman–Crippen LogP) is 2.93. The molecule has 5 nitrogen and oxygen atoms in total. The molecule has 1 amide bonds. The summed E-state index contributed by atoms with van der Waals surface area (Å²) in [6.45, 7) is 0. The first kappa shape index (κ1) is 15.1. The van der Waals surface area contributed by atoms with Crippen molar-refractivity contribution in [3.05, 3.63) is 58.1 Å². The zero-order chi connectivity index (χ0) is 15.2. The van der Waals surface area contributed by atoms with Crippen molar-refractivity contribution in [1.29, 1.82) is 0 Å². The first-order valence-electron chi connectivity index (χ1n) is 6.06. The van der Waals surface area contributed by atoms with Gasteiger partial charge in [0.2, 0.25) is 0 Å². The first-order chi connectivity index (χ1) is 10.1. The number of hydrazone groups is 1. The number of hydrogen-bond donors (Lipinski definition) is 2. The molecule has 0 saturated carbocycles. The number of aromatic hydroxyl groups is 1. The zero-order valence-electron chi connectivity index (χ0n) is 11.2. The van der Waals surface area contributed by atoms with Crippen molar-refractivity contribution in [3.63, 3.8) is 0 Å². The molecule has 0 aromatic heterocycles. The van der Waals surface area contributed by atoms with Crippen LogP contribution in [0.1, 0.15) is 15.9 Å². The van der Waals surface area contributed by atoms with Gasteiger partial charge in [0, 0.05) is 15.6 Å². The number of nitrogens with zero attached hydrogens (tertiary/aromatic N) is 1. The van der Waals surface area contributed by atoms with Crippen LogP contribution in [0.15, 0.2) is 52.0 Å². The molecule has 108 valence electrons. The van der Waals surface area contributed by atoms with Crippen LogP contribution in [-0.4, -0.2) is 24.3 Å². The van der Waals surface area contributed by atoms with E-state index in [9.17, 15) is 9.90 Å². The van der Waals surface area contributed by atoms with E-state index < -0.39 is 0 Å². The van der Waals surface area contributed by atoms with Gasteiger partial charge in [-0.2, -0.15) is 5.10 Å². The third kappa shape index (κ3) is 4.06. The van der Waals surface area contributed by atoms with Gasteiger partial charge in [0.25, 0.3) is 5.91 Å². The fraction of sp³-hybridized carbons (Fsp3) is 0.0667. The molecule has 2 aromatic carbocycles. The summed E-state index contributed by atoms with van der Waals surface area (Å²) in [6, 6.07) is 11.7. The van der Waals surface area contributed by atoms with E-state index in [0.717, 1.165) is 4.47 Å². The fourth-order valence-electron chi connectivity index (χ4n) is 1.62. The summed E-state index contributed by atoms with van der Waals surface area (Å²) in [5, 5.41) is 13.5. The lowest BCUT2D eigenvalue weighted by Gasteiger charge is -2.03. The van der Waals surface area contributed by atoms with E-state index in [1.165, 1.54) is 19.4 Å². The number of hydrogen-bond acceptors (Lipinski definition) is 4. The molecule has 2 rings (SSSR count). The van der Waals surface area contributed by atoms with Gasteiger partial charge in [-0.1, -0.05) is 22.0 Å². The smallest absolute Gasteiger partial charge is 0.271 e. The molecule has 2 aromatic rings. The van der Waals surface area contributed by atoms with Crippen LogP contribution in [0.5, 0.6) is 11.5 Å². The monoisotopic (exact) mass is 348 g/mol. The topological polar surface area (TPSA) is 70.9 Å². The van der Waals surface area contributed by atoms with Crippen LogP contribution in [-0.2, 0) is 0 Å². The zero-order valence-corrected chi connectivity index (χ0v) is 12.8. The van der Waals surface area contributed by atoms with Gasteiger partial charge in [0.05, 0.1) is 13.3 Å². The number of methoxy groups -OCH3 is 1. The highest BCUT2D eigenvalue weighted by Gasteiger charge is 2.05. The third-order valence-corrected chi connectivity index (χ3v) is 3.18. The molecule has 0 bridgehead atoms. The molecular formula is C15H13BrN2O3. The van der Waals surface area contributed by atoms with Crippen molar-refractivity contribution >= 4 is 28.1 Å². The number of rotatable bonds is 4. The number of carbonyl (C=O) groups is 1. The number of phenolic OH excluding ortho intramolecular Hbond substituents is 1. The van der Waals surface area contributed by atoms with Crippen LogP contribution < -0.4 is 10.2 Å². The maximum absolute atomic E-state index is 11.9. The molecule has 2 N–H and O–H groups in total. The van der Waals surface area contributed by atoms with Crippen LogP contribution >= 0.6 is 15.9 Å². The van der Waals surface area contributed by atoms with Gasteiger partial charge < -0.3 is 9.84 Å². The molecule has 0 aliphatic carbocycles. The van der Waals surface area contributed by atoms with Crippen molar-refractivity contribution in [2.45, 2.75) is 0 Å². The van der Waals surface area contributed by atoms with Crippen LogP contribution in [0.3, 0.4) is 0 Å². The van der Waals surface area contributed by atoms with E-state index in [-0.39, 0.29) is 11.7 Å². The Bertz CT molecular complexity index is 686. The lowest BCUT2D eigenvalue weighted by molar-refractivity contribution is 0.0955. The summed E-state index contributed by atoms with van der Waals surface area (Å²) < 4.78 is 5.86. The second-order valence-corrected chi connectivity index (χ2v) is 5.05. The summed E-state index contributed by atoms with van der Waals surface area (Å²) >= 11 is 3.30. The van der Waals surface area contributed by atoms with Crippen molar-refractivity contribution in [2.75, 3.05) is 7.11 Å². The Labute approximate surface area is 130 Å². The summed E-state index contributed by atoms with van der Waals surface area (Å²) in [5.74, 6) is 0.313. The molecule has 0 unspecified atom stereocenters. The van der Waals surface area contributed by atoms with E-state index >= 15 is 0 Å². The molecule has 0 heterocycles. The molecule has 0 spiro atoms. The van der Waals surface area contributed by atoms with E-state index in [1.807, 2.05) is 0 Å². The Morgan fingerprint density at radius 3 is 2.90 bits per heavy atom. The number of ether oxygens (including phenoxy) is 1. The van der Waals surface area contributed by atoms with Crippen LogP contribution in [0.25, 0.3) is 0 Å². The van der Waals surface area contributed by atoms with Crippen molar-refractivity contribution in [3.8, 4) is 11.5 Å². The second kappa shape index (κ2) is 6.90. The second-order valence-electron chi connectivity index (χ2n) is 4.13. The number of nitrogens with one attached hydrogen (secondary N) is 1. The number of carbonyl (C=O) groups excluding carboxylic acids is 1. The first-order valence-corrected chi connectivity index (χ1v) is 6.85. The van der Waals surface area contributed by atoms with Gasteiger partial charge in [0.1, 0.15) is 11.5 Å². The molecule has 0 aliphatic rings. The SMILES string of the molecule is COc1cccc(C(=O)N/N=C/c2cc(Br)ccc2O)c1. The van der Waals surface area contributed by atoms with Gasteiger partial charge >= 0.3 is 0 Å². The molecule has 21 heavy (non-hydrogen) atoms. The van der Waals surface area contributed by atoms with Gasteiger partial charge in [-0.15, -0.1) is 0 Å². The highest BCUT2D eigenvalue weighted by Crippen LogP contribution is 2.20. The number of halogens is 1. The highest BCUT2D eigenvalue weighted by molar-refractivity contribution is 9.10. The number of benzene rings is 2. The molecule has 0 saturated heterocycles. The highest BCUT2D eigenvalue weighted by atomic mass is 79.9. The van der Waals surface area contributed by atoms with Gasteiger partial charge in [-0.05, 0) is 36.4 Å². The van der Waals surface area contributed by atoms with Gasteiger partial charge in [-0.25, -0.2) is 5.43 Å². The molecule has 0 radical (unpaired) electrons. The van der Waals surface area contributed by atoms with E-state index in [1.54, 1.807) is 36.4 Å². The molecular weight excluding hydrogens is 336 g/mol. The predicted molar refractivity (Wildman–Crippen MR) is 83.9 cm³/mol. The van der Waals surface area contributed by atoms with E-state index in [0.29, 0.717) is 16.9 Å².